The van der Waals surface area contributed by atoms with Gasteiger partial charge in [0, 0.05) is 45.2 Å². The number of nitrogens with one attached hydrogen (secondary N) is 1. The van der Waals surface area contributed by atoms with E-state index in [1.54, 1.807) is 0 Å². The van der Waals surface area contributed by atoms with Crippen LogP contribution in [-0.4, -0.2) is 88.5 Å². The SMILES string of the molecule is CN1CCN(c2ccc3nnc(CCCNC4CCN(Cc5ccccc5)CC4)n3n2)CC1. The fraction of sp³-hybridized carbons (Fsp3) is 0.560. The maximum Gasteiger partial charge on any atom is 0.178 e. The Labute approximate surface area is 196 Å². The van der Waals surface area contributed by atoms with Crippen molar-refractivity contribution in [1.82, 2.24) is 34.9 Å². The van der Waals surface area contributed by atoms with Crippen molar-refractivity contribution in [2.75, 3.05) is 57.8 Å². The lowest BCUT2D eigenvalue weighted by atomic mass is 10.0. The predicted octanol–water partition coefficient (Wildman–Crippen LogP) is 2.06. The molecule has 0 atom stereocenters. The number of hydrogen-bond donors (Lipinski definition) is 1. The van der Waals surface area contributed by atoms with Gasteiger partial charge in [0.1, 0.15) is 5.82 Å². The first kappa shape index (κ1) is 22.3. The van der Waals surface area contributed by atoms with Crippen LogP contribution in [0.3, 0.4) is 0 Å². The molecule has 2 saturated heterocycles. The summed E-state index contributed by atoms with van der Waals surface area (Å²) in [4.78, 5) is 7.29. The molecule has 3 aromatic rings. The molecule has 0 radical (unpaired) electrons. The second-order valence-corrected chi connectivity index (χ2v) is 9.46. The zero-order valence-electron chi connectivity index (χ0n) is 19.7. The number of piperidine rings is 1. The van der Waals surface area contributed by atoms with Crippen LogP contribution in [0.2, 0.25) is 0 Å². The Kier molecular flexibility index (Phi) is 7.14. The topological polar surface area (TPSA) is 64.8 Å². The molecule has 1 aromatic carbocycles. The van der Waals surface area contributed by atoms with Gasteiger partial charge < -0.3 is 15.1 Å². The van der Waals surface area contributed by atoms with Crippen LogP contribution in [0.5, 0.6) is 0 Å². The number of aryl methyl sites for hydroxylation is 1. The van der Waals surface area contributed by atoms with E-state index >= 15 is 0 Å². The third-order valence-electron chi connectivity index (χ3n) is 6.99. The van der Waals surface area contributed by atoms with Gasteiger partial charge in [-0.15, -0.1) is 15.3 Å². The largest absolute Gasteiger partial charge is 0.353 e. The molecule has 176 valence electrons. The lowest BCUT2D eigenvalue weighted by Gasteiger charge is -2.33. The van der Waals surface area contributed by atoms with Crippen LogP contribution in [0.1, 0.15) is 30.7 Å². The zero-order valence-corrected chi connectivity index (χ0v) is 19.7. The Balaban J connectivity index is 1.07. The quantitative estimate of drug-likeness (QED) is 0.529. The summed E-state index contributed by atoms with van der Waals surface area (Å²) in [7, 11) is 2.17. The third-order valence-corrected chi connectivity index (χ3v) is 6.99. The molecule has 5 rings (SSSR count). The summed E-state index contributed by atoms with van der Waals surface area (Å²) in [5.41, 5.74) is 2.25. The van der Waals surface area contributed by atoms with Crippen molar-refractivity contribution >= 4 is 11.5 Å². The monoisotopic (exact) mass is 448 g/mol. The third kappa shape index (κ3) is 5.69. The fourth-order valence-electron chi connectivity index (χ4n) is 4.87. The molecule has 0 unspecified atom stereocenters. The standard InChI is InChI=1S/C25H36N8/c1-30-16-18-32(19-17-30)25-10-9-24-28-27-23(33(24)29-25)8-5-13-26-22-11-14-31(15-12-22)20-21-6-3-2-4-7-21/h2-4,6-7,9-10,22,26H,5,8,11-20H2,1H3. The average Bonchev–Trinajstić information content (AvgIpc) is 3.26. The number of rotatable bonds is 8. The van der Waals surface area contributed by atoms with Crippen molar-refractivity contribution in [3.63, 3.8) is 0 Å². The van der Waals surface area contributed by atoms with Crippen molar-refractivity contribution in [1.29, 1.82) is 0 Å². The summed E-state index contributed by atoms with van der Waals surface area (Å²) in [5, 5.41) is 17.4. The van der Waals surface area contributed by atoms with Gasteiger partial charge in [0.2, 0.25) is 0 Å². The van der Waals surface area contributed by atoms with Gasteiger partial charge in [-0.3, -0.25) is 4.90 Å². The highest BCUT2D eigenvalue weighted by molar-refractivity contribution is 5.46. The second-order valence-electron chi connectivity index (χ2n) is 9.46. The van der Waals surface area contributed by atoms with E-state index in [9.17, 15) is 0 Å². The maximum absolute atomic E-state index is 4.87. The highest BCUT2D eigenvalue weighted by Gasteiger charge is 2.19. The van der Waals surface area contributed by atoms with Crippen molar-refractivity contribution in [3.05, 3.63) is 53.9 Å². The highest BCUT2D eigenvalue weighted by Crippen LogP contribution is 2.16. The molecule has 2 aromatic heterocycles. The number of anilines is 1. The predicted molar refractivity (Wildman–Crippen MR) is 132 cm³/mol. The number of piperazine rings is 1. The van der Waals surface area contributed by atoms with Gasteiger partial charge in [0.05, 0.1) is 0 Å². The first-order valence-corrected chi connectivity index (χ1v) is 12.4. The van der Waals surface area contributed by atoms with E-state index < -0.39 is 0 Å². The number of hydrogen-bond acceptors (Lipinski definition) is 7. The minimum atomic E-state index is 0.620. The van der Waals surface area contributed by atoms with Crippen LogP contribution < -0.4 is 10.2 Å². The first-order valence-electron chi connectivity index (χ1n) is 12.4. The van der Waals surface area contributed by atoms with Crippen molar-refractivity contribution in [2.24, 2.45) is 0 Å². The smallest absolute Gasteiger partial charge is 0.178 e. The number of nitrogens with zero attached hydrogens (tertiary/aromatic N) is 7. The van der Waals surface area contributed by atoms with E-state index in [0.29, 0.717) is 6.04 Å². The Bertz CT molecular complexity index is 1000. The summed E-state index contributed by atoms with van der Waals surface area (Å²) in [6.45, 7) is 8.59. The van der Waals surface area contributed by atoms with Crippen LogP contribution in [-0.2, 0) is 13.0 Å². The minimum absolute atomic E-state index is 0.620. The molecular weight excluding hydrogens is 412 g/mol. The molecule has 0 amide bonds. The molecule has 8 heteroatoms. The highest BCUT2D eigenvalue weighted by atomic mass is 15.4. The van der Waals surface area contributed by atoms with Crippen LogP contribution in [0.4, 0.5) is 5.82 Å². The summed E-state index contributed by atoms with van der Waals surface area (Å²) in [5.74, 6) is 1.98. The lowest BCUT2D eigenvalue weighted by molar-refractivity contribution is 0.190. The number of benzene rings is 1. The van der Waals surface area contributed by atoms with Crippen molar-refractivity contribution in [3.8, 4) is 0 Å². The first-order chi connectivity index (χ1) is 16.2. The van der Waals surface area contributed by atoms with E-state index in [1.807, 2.05) is 10.6 Å². The second kappa shape index (κ2) is 10.6. The van der Waals surface area contributed by atoms with Gasteiger partial charge in [-0.2, -0.15) is 4.52 Å². The molecule has 1 N–H and O–H groups in total. The Hall–Kier alpha value is -2.55. The van der Waals surface area contributed by atoms with E-state index in [1.165, 1.54) is 31.5 Å². The summed E-state index contributed by atoms with van der Waals surface area (Å²) < 4.78 is 1.94. The van der Waals surface area contributed by atoms with Crippen LogP contribution >= 0.6 is 0 Å². The van der Waals surface area contributed by atoms with E-state index in [4.69, 9.17) is 5.10 Å². The molecule has 0 spiro atoms. The number of fused-ring (bicyclic) bond motifs is 1. The summed E-state index contributed by atoms with van der Waals surface area (Å²) in [6.07, 6.45) is 4.37. The number of likely N-dealkylation sites (tertiary alicyclic amines) is 1. The van der Waals surface area contributed by atoms with E-state index in [0.717, 1.165) is 69.4 Å². The van der Waals surface area contributed by atoms with Crippen LogP contribution in [0, 0.1) is 0 Å². The van der Waals surface area contributed by atoms with Crippen molar-refractivity contribution in [2.45, 2.75) is 38.3 Å². The van der Waals surface area contributed by atoms with Crippen molar-refractivity contribution < 1.29 is 0 Å². The number of likely N-dealkylation sites (N-methyl/N-ethyl adjacent to an activating group) is 1. The molecule has 33 heavy (non-hydrogen) atoms. The Morgan fingerprint density at radius 3 is 2.48 bits per heavy atom. The van der Waals surface area contributed by atoms with E-state index in [2.05, 4.69) is 73.7 Å². The molecule has 2 aliphatic rings. The van der Waals surface area contributed by atoms with Gasteiger partial charge in [0.15, 0.2) is 11.5 Å². The lowest BCUT2D eigenvalue weighted by Crippen LogP contribution is -2.45. The van der Waals surface area contributed by atoms with Crippen LogP contribution in [0.25, 0.3) is 5.65 Å². The zero-order chi connectivity index (χ0) is 22.5. The van der Waals surface area contributed by atoms with Gasteiger partial charge in [-0.25, -0.2) is 0 Å². The minimum Gasteiger partial charge on any atom is -0.353 e. The number of aromatic nitrogens is 4. The van der Waals surface area contributed by atoms with Gasteiger partial charge >= 0.3 is 0 Å². The molecule has 2 fully saturated rings. The molecule has 0 aliphatic carbocycles. The van der Waals surface area contributed by atoms with E-state index in [-0.39, 0.29) is 0 Å². The van der Waals surface area contributed by atoms with Gasteiger partial charge in [-0.05, 0) is 63.6 Å². The molecule has 4 heterocycles. The average molecular weight is 449 g/mol. The Morgan fingerprint density at radius 1 is 0.909 bits per heavy atom. The summed E-state index contributed by atoms with van der Waals surface area (Å²) in [6, 6.07) is 15.5. The molecule has 8 nitrogen and oxygen atoms in total. The Morgan fingerprint density at radius 2 is 1.70 bits per heavy atom. The molecular formula is C25H36N8. The fourth-order valence-corrected chi connectivity index (χ4v) is 4.87. The maximum atomic E-state index is 4.87. The van der Waals surface area contributed by atoms with Gasteiger partial charge in [-0.1, -0.05) is 30.3 Å². The summed E-state index contributed by atoms with van der Waals surface area (Å²) >= 11 is 0. The molecule has 2 aliphatic heterocycles. The molecule has 0 bridgehead atoms. The van der Waals surface area contributed by atoms with Gasteiger partial charge in [0.25, 0.3) is 0 Å². The normalized spacial score (nSPS) is 18.9. The van der Waals surface area contributed by atoms with Crippen LogP contribution in [0.15, 0.2) is 42.5 Å². The molecule has 0 saturated carbocycles.